The molecule has 0 aromatic heterocycles. The number of nitrogens with zero attached hydrogens (tertiary/aromatic N) is 2. The third kappa shape index (κ3) is 7.70. The Kier molecular flexibility index (Phi) is 9.41. The summed E-state index contributed by atoms with van der Waals surface area (Å²) in [6, 6.07) is 0. The van der Waals surface area contributed by atoms with Gasteiger partial charge in [-0.1, -0.05) is 6.92 Å². The van der Waals surface area contributed by atoms with Crippen LogP contribution in [0.3, 0.4) is 0 Å². The van der Waals surface area contributed by atoms with Gasteiger partial charge < -0.3 is 20.3 Å². The predicted molar refractivity (Wildman–Crippen MR) is 85.3 cm³/mol. The molecule has 0 aromatic carbocycles. The number of guanidine groups is 1. The average Bonchev–Trinajstić information content (AvgIpc) is 2.45. The molecule has 0 aromatic rings. The smallest absolute Gasteiger partial charge is 0.191 e. The minimum Gasteiger partial charge on any atom is -0.385 e. The van der Waals surface area contributed by atoms with Gasteiger partial charge in [0, 0.05) is 39.9 Å². The average molecular weight is 284 g/mol. The molecule has 0 aliphatic carbocycles. The second kappa shape index (κ2) is 10.9. The molecule has 0 amide bonds. The molecule has 118 valence electrons. The molecular weight excluding hydrogens is 252 g/mol. The van der Waals surface area contributed by atoms with E-state index in [0.717, 1.165) is 51.1 Å². The van der Waals surface area contributed by atoms with Crippen LogP contribution in [0, 0.1) is 5.92 Å². The zero-order chi connectivity index (χ0) is 14.6. The highest BCUT2D eigenvalue weighted by atomic mass is 16.5. The van der Waals surface area contributed by atoms with Gasteiger partial charge in [0.05, 0.1) is 0 Å². The molecule has 0 spiro atoms. The Morgan fingerprint density at radius 3 is 2.70 bits per heavy atom. The normalized spacial score (nSPS) is 18.2. The van der Waals surface area contributed by atoms with Crippen molar-refractivity contribution < 1.29 is 4.74 Å². The number of hydrogen-bond acceptors (Lipinski definition) is 3. The summed E-state index contributed by atoms with van der Waals surface area (Å²) in [7, 11) is 1.73. The van der Waals surface area contributed by atoms with E-state index in [9.17, 15) is 0 Å². The van der Waals surface area contributed by atoms with Crippen LogP contribution in [0.25, 0.3) is 0 Å². The Morgan fingerprint density at radius 1 is 1.30 bits per heavy atom. The second-order valence-corrected chi connectivity index (χ2v) is 5.56. The summed E-state index contributed by atoms with van der Waals surface area (Å²) in [6.07, 6.45) is 3.65. The fraction of sp³-hybridized carbons (Fsp3) is 0.933. The topological polar surface area (TPSA) is 48.9 Å². The van der Waals surface area contributed by atoms with Gasteiger partial charge in [-0.3, -0.25) is 4.99 Å². The number of aliphatic imine (C=N–C) groups is 1. The van der Waals surface area contributed by atoms with Crippen LogP contribution in [0.15, 0.2) is 4.99 Å². The van der Waals surface area contributed by atoms with E-state index in [1.165, 1.54) is 25.9 Å². The lowest BCUT2D eigenvalue weighted by atomic mass is 9.99. The van der Waals surface area contributed by atoms with Crippen molar-refractivity contribution in [1.29, 1.82) is 0 Å². The van der Waals surface area contributed by atoms with Crippen LogP contribution < -0.4 is 10.6 Å². The lowest BCUT2D eigenvalue weighted by Crippen LogP contribution is -2.43. The summed E-state index contributed by atoms with van der Waals surface area (Å²) in [6.45, 7) is 11.5. The minimum atomic E-state index is 0.773. The van der Waals surface area contributed by atoms with Crippen LogP contribution in [0.2, 0.25) is 0 Å². The zero-order valence-corrected chi connectivity index (χ0v) is 13.5. The van der Waals surface area contributed by atoms with E-state index >= 15 is 0 Å². The number of rotatable bonds is 8. The molecule has 5 nitrogen and oxygen atoms in total. The number of piperidine rings is 1. The highest BCUT2D eigenvalue weighted by molar-refractivity contribution is 5.79. The first-order valence-corrected chi connectivity index (χ1v) is 7.99. The Bertz CT molecular complexity index is 263. The van der Waals surface area contributed by atoms with Crippen molar-refractivity contribution in [3.05, 3.63) is 0 Å². The van der Waals surface area contributed by atoms with Gasteiger partial charge in [0.1, 0.15) is 0 Å². The molecule has 1 heterocycles. The molecule has 1 rings (SSSR count). The third-order valence-electron chi connectivity index (χ3n) is 3.72. The minimum absolute atomic E-state index is 0.773. The molecule has 0 radical (unpaired) electrons. The number of methoxy groups -OCH3 is 1. The number of ether oxygens (including phenoxy) is 1. The van der Waals surface area contributed by atoms with Gasteiger partial charge in [-0.15, -0.1) is 0 Å². The fourth-order valence-corrected chi connectivity index (χ4v) is 2.36. The maximum atomic E-state index is 5.04. The highest BCUT2D eigenvalue weighted by Crippen LogP contribution is 2.14. The molecule has 1 aliphatic heterocycles. The molecule has 0 saturated carbocycles. The van der Waals surface area contributed by atoms with E-state index < -0.39 is 0 Å². The van der Waals surface area contributed by atoms with E-state index in [1.807, 2.05) is 0 Å². The first kappa shape index (κ1) is 17.2. The standard InChI is InChI=1S/C15H32N4O/c1-4-16-15(17-8-5-13-20-3)18-9-12-19-10-6-14(2)7-11-19/h14H,4-13H2,1-3H3,(H2,16,17,18). The zero-order valence-electron chi connectivity index (χ0n) is 13.5. The molecular formula is C15H32N4O. The maximum absolute atomic E-state index is 5.04. The van der Waals surface area contributed by atoms with Crippen molar-refractivity contribution in [3.63, 3.8) is 0 Å². The third-order valence-corrected chi connectivity index (χ3v) is 3.72. The molecule has 20 heavy (non-hydrogen) atoms. The van der Waals surface area contributed by atoms with E-state index in [-0.39, 0.29) is 0 Å². The maximum Gasteiger partial charge on any atom is 0.191 e. The molecule has 0 unspecified atom stereocenters. The largest absolute Gasteiger partial charge is 0.385 e. The fourth-order valence-electron chi connectivity index (χ4n) is 2.36. The van der Waals surface area contributed by atoms with Crippen LogP contribution in [0.1, 0.15) is 33.1 Å². The van der Waals surface area contributed by atoms with Gasteiger partial charge >= 0.3 is 0 Å². The number of hydrogen-bond donors (Lipinski definition) is 2. The van der Waals surface area contributed by atoms with Crippen LogP contribution in [0.5, 0.6) is 0 Å². The van der Waals surface area contributed by atoms with Gasteiger partial charge in [0.25, 0.3) is 0 Å². The lowest BCUT2D eigenvalue weighted by Gasteiger charge is -2.30. The van der Waals surface area contributed by atoms with Crippen molar-refractivity contribution >= 4 is 5.96 Å². The van der Waals surface area contributed by atoms with Crippen molar-refractivity contribution in [2.45, 2.75) is 33.1 Å². The first-order valence-electron chi connectivity index (χ1n) is 7.99. The summed E-state index contributed by atoms with van der Waals surface area (Å²) in [4.78, 5) is 7.08. The molecule has 0 bridgehead atoms. The second-order valence-electron chi connectivity index (χ2n) is 5.56. The van der Waals surface area contributed by atoms with Gasteiger partial charge in [-0.2, -0.15) is 0 Å². The van der Waals surface area contributed by atoms with Crippen molar-refractivity contribution in [2.75, 3.05) is 53.0 Å². The van der Waals surface area contributed by atoms with Gasteiger partial charge in [-0.25, -0.2) is 0 Å². The van der Waals surface area contributed by atoms with Gasteiger partial charge in [-0.05, 0) is 45.2 Å². The van der Waals surface area contributed by atoms with Crippen molar-refractivity contribution in [2.24, 2.45) is 10.9 Å². The molecule has 1 saturated heterocycles. The number of likely N-dealkylation sites (tertiary alicyclic amines) is 1. The van der Waals surface area contributed by atoms with Gasteiger partial charge in [0.2, 0.25) is 0 Å². The summed E-state index contributed by atoms with van der Waals surface area (Å²) < 4.78 is 5.04. The van der Waals surface area contributed by atoms with Crippen LogP contribution in [0.4, 0.5) is 0 Å². The quantitative estimate of drug-likeness (QED) is 0.401. The molecule has 1 fully saturated rings. The van der Waals surface area contributed by atoms with E-state index in [1.54, 1.807) is 7.11 Å². The SMILES string of the molecule is CCNC(=NCCCOC)NCCN1CCC(C)CC1. The highest BCUT2D eigenvalue weighted by Gasteiger charge is 2.14. The summed E-state index contributed by atoms with van der Waals surface area (Å²) in [5, 5.41) is 6.70. The predicted octanol–water partition coefficient (Wildman–Crippen LogP) is 1.31. The van der Waals surface area contributed by atoms with Gasteiger partial charge in [0.15, 0.2) is 5.96 Å². The molecule has 0 atom stereocenters. The Labute approximate surface area is 124 Å². The summed E-state index contributed by atoms with van der Waals surface area (Å²) >= 11 is 0. The van der Waals surface area contributed by atoms with Crippen LogP contribution >= 0.6 is 0 Å². The Balaban J connectivity index is 2.17. The number of nitrogens with one attached hydrogen (secondary N) is 2. The van der Waals surface area contributed by atoms with Crippen molar-refractivity contribution in [3.8, 4) is 0 Å². The summed E-state index contributed by atoms with van der Waals surface area (Å²) in [5.74, 6) is 1.83. The van der Waals surface area contributed by atoms with E-state index in [2.05, 4.69) is 34.4 Å². The molecule has 2 N–H and O–H groups in total. The Hall–Kier alpha value is -0.810. The van der Waals surface area contributed by atoms with E-state index in [0.29, 0.717) is 0 Å². The van der Waals surface area contributed by atoms with E-state index in [4.69, 9.17) is 4.74 Å². The van der Waals surface area contributed by atoms with Crippen molar-refractivity contribution in [1.82, 2.24) is 15.5 Å². The van der Waals surface area contributed by atoms with Crippen LogP contribution in [-0.4, -0.2) is 63.8 Å². The molecule has 1 aliphatic rings. The monoisotopic (exact) mass is 284 g/mol. The Morgan fingerprint density at radius 2 is 2.05 bits per heavy atom. The lowest BCUT2D eigenvalue weighted by molar-refractivity contribution is 0.195. The van der Waals surface area contributed by atoms with Crippen LogP contribution in [-0.2, 0) is 4.74 Å². The molecule has 5 heteroatoms. The first-order chi connectivity index (χ1) is 9.76. The summed E-state index contributed by atoms with van der Waals surface area (Å²) in [5.41, 5.74) is 0.